The first-order valence-electron chi connectivity index (χ1n) is 11.1. The lowest BCUT2D eigenvalue weighted by atomic mass is 9.93. The average molecular weight is 425 g/mol. The molecule has 0 saturated carbocycles. The summed E-state index contributed by atoms with van der Waals surface area (Å²) in [6.07, 6.45) is 1.87. The van der Waals surface area contributed by atoms with Crippen LogP contribution in [0, 0.1) is 6.92 Å². The third-order valence-electron chi connectivity index (χ3n) is 6.50. The molecule has 7 rings (SSSR count). The predicted octanol–water partition coefficient (Wildman–Crippen LogP) is 8.52. The number of aromatic nitrogens is 1. The Balaban J connectivity index is 1.65. The molecule has 33 heavy (non-hydrogen) atoms. The maximum absolute atomic E-state index is 6.53. The van der Waals surface area contributed by atoms with Crippen molar-refractivity contribution >= 4 is 43.9 Å². The summed E-state index contributed by atoms with van der Waals surface area (Å²) in [7, 11) is 0. The van der Waals surface area contributed by atoms with Crippen LogP contribution in [0.5, 0.6) is 0 Å². The molecule has 0 aliphatic carbocycles. The summed E-state index contributed by atoms with van der Waals surface area (Å²) in [4.78, 5) is 4.63. The summed E-state index contributed by atoms with van der Waals surface area (Å²) in [6, 6.07) is 30.9. The summed E-state index contributed by atoms with van der Waals surface area (Å²) in [5.41, 5.74) is 8.76. The maximum Gasteiger partial charge on any atom is 0.144 e. The normalized spacial score (nSPS) is 11.8. The molecule has 4 aromatic carbocycles. The van der Waals surface area contributed by atoms with Gasteiger partial charge in [-0.05, 0) is 36.8 Å². The highest BCUT2D eigenvalue weighted by Crippen LogP contribution is 2.46. The molecule has 3 nitrogen and oxygen atoms in total. The van der Waals surface area contributed by atoms with Crippen LogP contribution in [-0.2, 0) is 0 Å². The van der Waals surface area contributed by atoms with Gasteiger partial charge < -0.3 is 8.83 Å². The monoisotopic (exact) mass is 425 g/mol. The molecule has 0 spiro atoms. The summed E-state index contributed by atoms with van der Waals surface area (Å²) in [6.45, 7) is 2.12. The van der Waals surface area contributed by atoms with E-state index in [2.05, 4.69) is 60.4 Å². The molecule has 0 aliphatic rings. The number of nitrogens with zero attached hydrogens (tertiary/aromatic N) is 1. The second-order valence-electron chi connectivity index (χ2n) is 8.40. The van der Waals surface area contributed by atoms with Gasteiger partial charge in [0.1, 0.15) is 22.3 Å². The highest BCUT2D eigenvalue weighted by molar-refractivity contribution is 6.29. The van der Waals surface area contributed by atoms with Crippen molar-refractivity contribution in [1.29, 1.82) is 0 Å². The fourth-order valence-electron chi connectivity index (χ4n) is 5.01. The molecule has 0 amide bonds. The van der Waals surface area contributed by atoms with Crippen LogP contribution < -0.4 is 0 Å². The van der Waals surface area contributed by atoms with Crippen molar-refractivity contribution in [3.8, 4) is 22.4 Å². The predicted molar refractivity (Wildman–Crippen MR) is 134 cm³/mol. The first-order valence-corrected chi connectivity index (χ1v) is 11.1. The van der Waals surface area contributed by atoms with Gasteiger partial charge in [-0.1, -0.05) is 66.7 Å². The molecule has 0 aliphatic heterocycles. The van der Waals surface area contributed by atoms with E-state index in [1.165, 1.54) is 0 Å². The molecular formula is C30H19NO2. The van der Waals surface area contributed by atoms with Crippen molar-refractivity contribution in [3.63, 3.8) is 0 Å². The minimum atomic E-state index is 0.878. The third kappa shape index (κ3) is 2.60. The lowest BCUT2D eigenvalue weighted by Gasteiger charge is -2.10. The quantitative estimate of drug-likeness (QED) is 0.279. The van der Waals surface area contributed by atoms with Crippen LogP contribution in [0.3, 0.4) is 0 Å². The zero-order valence-corrected chi connectivity index (χ0v) is 18.0. The molecular weight excluding hydrogens is 406 g/mol. The Morgan fingerprint density at radius 3 is 1.94 bits per heavy atom. The van der Waals surface area contributed by atoms with Gasteiger partial charge in [0.2, 0.25) is 0 Å². The molecule has 0 atom stereocenters. The van der Waals surface area contributed by atoms with Crippen LogP contribution in [0.1, 0.15) is 5.56 Å². The van der Waals surface area contributed by atoms with Gasteiger partial charge in [0.15, 0.2) is 0 Å². The zero-order valence-electron chi connectivity index (χ0n) is 18.0. The van der Waals surface area contributed by atoms with Gasteiger partial charge >= 0.3 is 0 Å². The number of aryl methyl sites for hydroxylation is 1. The first-order chi connectivity index (χ1) is 16.3. The van der Waals surface area contributed by atoms with Crippen LogP contribution in [0.2, 0.25) is 0 Å². The van der Waals surface area contributed by atoms with E-state index in [9.17, 15) is 0 Å². The maximum atomic E-state index is 6.53. The van der Waals surface area contributed by atoms with Gasteiger partial charge in [-0.25, -0.2) is 0 Å². The number of hydrogen-bond donors (Lipinski definition) is 0. The van der Waals surface area contributed by atoms with Crippen LogP contribution >= 0.6 is 0 Å². The fraction of sp³-hybridized carbons (Fsp3) is 0.0333. The largest absolute Gasteiger partial charge is 0.456 e. The standard InChI is InChI=1S/C30H19NO2/c1-18-26(20-15-16-31-23(17-20)19-9-3-2-4-10-19)30-28(22-12-6-8-14-25(22)33-30)27-21-11-5-7-13-24(21)32-29(18)27/h2-17H,1H3. The van der Waals surface area contributed by atoms with E-state index >= 15 is 0 Å². The molecule has 0 unspecified atom stereocenters. The van der Waals surface area contributed by atoms with Gasteiger partial charge in [-0.2, -0.15) is 0 Å². The topological polar surface area (TPSA) is 39.2 Å². The van der Waals surface area contributed by atoms with Gasteiger partial charge in [0.05, 0.1) is 5.69 Å². The van der Waals surface area contributed by atoms with Crippen molar-refractivity contribution in [3.05, 3.63) is 103 Å². The van der Waals surface area contributed by atoms with Gasteiger partial charge in [-0.3, -0.25) is 4.98 Å². The third-order valence-corrected chi connectivity index (χ3v) is 6.50. The molecule has 7 aromatic rings. The second-order valence-corrected chi connectivity index (χ2v) is 8.40. The SMILES string of the molecule is Cc1c(-c2ccnc(-c3ccccc3)c2)c2oc3ccccc3c2c2c1oc1ccccc12. The number of benzene rings is 4. The molecule has 3 aromatic heterocycles. The average Bonchev–Trinajstić information content (AvgIpc) is 3.44. The molecule has 0 bridgehead atoms. The highest BCUT2D eigenvalue weighted by Gasteiger charge is 2.23. The Kier molecular flexibility index (Phi) is 3.76. The lowest BCUT2D eigenvalue weighted by molar-refractivity contribution is 0.661. The summed E-state index contributed by atoms with van der Waals surface area (Å²) >= 11 is 0. The molecule has 3 heteroatoms. The van der Waals surface area contributed by atoms with Crippen molar-refractivity contribution < 1.29 is 8.83 Å². The van der Waals surface area contributed by atoms with Crippen molar-refractivity contribution in [2.45, 2.75) is 6.92 Å². The van der Waals surface area contributed by atoms with Crippen molar-refractivity contribution in [1.82, 2.24) is 4.98 Å². The Morgan fingerprint density at radius 2 is 1.21 bits per heavy atom. The fourth-order valence-corrected chi connectivity index (χ4v) is 5.01. The van der Waals surface area contributed by atoms with E-state index in [-0.39, 0.29) is 0 Å². The lowest BCUT2D eigenvalue weighted by Crippen LogP contribution is -1.89. The van der Waals surface area contributed by atoms with E-state index in [1.54, 1.807) is 0 Å². The number of hydrogen-bond acceptors (Lipinski definition) is 3. The molecule has 3 heterocycles. The van der Waals surface area contributed by atoms with Crippen molar-refractivity contribution in [2.24, 2.45) is 0 Å². The second kappa shape index (κ2) is 6.81. The first kappa shape index (κ1) is 18.2. The van der Waals surface area contributed by atoms with Crippen LogP contribution in [-0.4, -0.2) is 4.98 Å². The van der Waals surface area contributed by atoms with Crippen LogP contribution in [0.15, 0.2) is 106 Å². The van der Waals surface area contributed by atoms with Gasteiger partial charge in [-0.15, -0.1) is 0 Å². The van der Waals surface area contributed by atoms with E-state index in [4.69, 9.17) is 8.83 Å². The summed E-state index contributed by atoms with van der Waals surface area (Å²) in [5, 5.41) is 4.43. The summed E-state index contributed by atoms with van der Waals surface area (Å²) < 4.78 is 13.0. The zero-order chi connectivity index (χ0) is 21.9. The Morgan fingerprint density at radius 1 is 0.606 bits per heavy atom. The van der Waals surface area contributed by atoms with E-state index in [0.717, 1.165) is 71.8 Å². The molecule has 0 saturated heterocycles. The number of furan rings is 2. The molecule has 0 fully saturated rings. The van der Waals surface area contributed by atoms with Gasteiger partial charge in [0, 0.05) is 44.4 Å². The summed E-state index contributed by atoms with van der Waals surface area (Å²) in [5.74, 6) is 0. The van der Waals surface area contributed by atoms with E-state index < -0.39 is 0 Å². The Labute approximate surface area is 189 Å². The van der Waals surface area contributed by atoms with Crippen LogP contribution in [0.25, 0.3) is 66.3 Å². The Hall–Kier alpha value is -4.37. The highest BCUT2D eigenvalue weighted by atomic mass is 16.3. The molecule has 156 valence electrons. The van der Waals surface area contributed by atoms with Gasteiger partial charge in [0.25, 0.3) is 0 Å². The minimum Gasteiger partial charge on any atom is -0.456 e. The Bertz CT molecular complexity index is 1820. The smallest absolute Gasteiger partial charge is 0.144 e. The van der Waals surface area contributed by atoms with E-state index in [0.29, 0.717) is 0 Å². The van der Waals surface area contributed by atoms with Crippen LogP contribution in [0.4, 0.5) is 0 Å². The number of rotatable bonds is 2. The number of pyridine rings is 1. The molecule has 0 radical (unpaired) electrons. The van der Waals surface area contributed by atoms with E-state index in [1.807, 2.05) is 48.7 Å². The van der Waals surface area contributed by atoms with Crippen molar-refractivity contribution in [2.75, 3.05) is 0 Å². The number of fused-ring (bicyclic) bond motifs is 7. The number of para-hydroxylation sites is 2. The molecule has 0 N–H and O–H groups in total. The minimum absolute atomic E-state index is 0.878.